The van der Waals surface area contributed by atoms with E-state index in [2.05, 4.69) is 10.6 Å². The maximum absolute atomic E-state index is 12.4. The molecule has 150 valence electrons. The number of carbonyl (C=O) groups excluding carboxylic acids is 2. The Morgan fingerprint density at radius 2 is 1.07 bits per heavy atom. The van der Waals surface area contributed by atoms with Crippen molar-refractivity contribution in [3.05, 3.63) is 58.7 Å². The summed E-state index contributed by atoms with van der Waals surface area (Å²) in [5, 5.41) is 5.95. The van der Waals surface area contributed by atoms with Gasteiger partial charge in [0.05, 0.1) is 12.8 Å². The maximum atomic E-state index is 12.4. The largest absolute Gasteiger partial charge is 0.354 e. The van der Waals surface area contributed by atoms with Crippen LogP contribution in [0.3, 0.4) is 0 Å². The first-order valence-electron chi connectivity index (χ1n) is 9.95. The molecule has 2 rings (SSSR count). The second-order valence-corrected chi connectivity index (χ2v) is 8.00. The molecule has 4 nitrogen and oxygen atoms in total. The highest BCUT2D eigenvalue weighted by atomic mass is 16.2. The van der Waals surface area contributed by atoms with Crippen LogP contribution in [-0.4, -0.2) is 23.9 Å². The number of amides is 2. The predicted molar refractivity (Wildman–Crippen MR) is 115 cm³/mol. The van der Waals surface area contributed by atoms with Gasteiger partial charge in [-0.3, -0.25) is 9.59 Å². The number of hydrogen-bond donors (Lipinski definition) is 2. The predicted octanol–water partition coefficient (Wildman–Crippen LogP) is 4.10. The Morgan fingerprint density at radius 1 is 0.714 bits per heavy atom. The number of aryl methyl sites for hydroxylation is 2. The van der Waals surface area contributed by atoms with E-state index >= 15 is 0 Å². The Hall–Kier alpha value is -2.62. The Morgan fingerprint density at radius 3 is 1.39 bits per heavy atom. The quantitative estimate of drug-likeness (QED) is 0.760. The molecule has 0 atom stereocenters. The van der Waals surface area contributed by atoms with Crippen molar-refractivity contribution >= 4 is 11.8 Å². The molecule has 28 heavy (non-hydrogen) atoms. The van der Waals surface area contributed by atoms with Gasteiger partial charge in [-0.2, -0.15) is 0 Å². The molecular weight excluding hydrogens is 348 g/mol. The second-order valence-electron chi connectivity index (χ2n) is 8.00. The van der Waals surface area contributed by atoms with Crippen LogP contribution in [0, 0.1) is 13.8 Å². The van der Waals surface area contributed by atoms with Crippen molar-refractivity contribution in [2.45, 2.75) is 66.5 Å². The van der Waals surface area contributed by atoms with Crippen LogP contribution in [0.4, 0.5) is 0 Å². The molecule has 0 heterocycles. The summed E-state index contributed by atoms with van der Waals surface area (Å²) in [7, 11) is 0. The number of rotatable bonds is 7. The second kappa shape index (κ2) is 9.54. The van der Waals surface area contributed by atoms with Crippen molar-refractivity contribution < 1.29 is 9.59 Å². The number of hydrogen-bond acceptors (Lipinski definition) is 2. The van der Waals surface area contributed by atoms with Gasteiger partial charge in [-0.25, -0.2) is 0 Å². The average molecular weight is 381 g/mol. The van der Waals surface area contributed by atoms with E-state index in [4.69, 9.17) is 0 Å². The summed E-state index contributed by atoms with van der Waals surface area (Å²) in [6.07, 6.45) is 0.650. The van der Waals surface area contributed by atoms with Gasteiger partial charge in [0.15, 0.2) is 0 Å². The van der Waals surface area contributed by atoms with Gasteiger partial charge in [-0.05, 0) is 74.9 Å². The van der Waals surface area contributed by atoms with Crippen molar-refractivity contribution in [3.63, 3.8) is 0 Å². The van der Waals surface area contributed by atoms with E-state index in [-0.39, 0.29) is 23.9 Å². The molecule has 0 aromatic heterocycles. The summed E-state index contributed by atoms with van der Waals surface area (Å²) in [4.78, 5) is 24.9. The summed E-state index contributed by atoms with van der Waals surface area (Å²) in [6, 6.07) is 12.4. The first kappa shape index (κ1) is 21.7. The van der Waals surface area contributed by atoms with Crippen LogP contribution in [-0.2, 0) is 22.4 Å². The lowest BCUT2D eigenvalue weighted by Crippen LogP contribution is -2.32. The number of benzene rings is 2. The Bertz CT molecular complexity index is 782. The van der Waals surface area contributed by atoms with E-state index in [1.54, 1.807) is 0 Å². The van der Waals surface area contributed by atoms with E-state index in [1.807, 2.05) is 77.9 Å². The van der Waals surface area contributed by atoms with Crippen LogP contribution >= 0.6 is 0 Å². The minimum atomic E-state index is 0.0114. The molecule has 0 unspecified atom stereocenters. The lowest BCUT2D eigenvalue weighted by atomic mass is 9.88. The molecule has 0 aliphatic carbocycles. The number of carbonyl (C=O) groups is 2. The third-order valence-electron chi connectivity index (χ3n) is 4.68. The first-order chi connectivity index (χ1) is 13.2. The molecule has 0 bridgehead atoms. The van der Waals surface area contributed by atoms with E-state index in [0.717, 1.165) is 33.4 Å². The van der Waals surface area contributed by atoms with Crippen molar-refractivity contribution in [2.75, 3.05) is 0 Å². The summed E-state index contributed by atoms with van der Waals surface area (Å²) in [6.45, 7) is 11.9. The average Bonchev–Trinajstić information content (AvgIpc) is 2.57. The highest BCUT2D eigenvalue weighted by Gasteiger charge is 2.17. The third-order valence-corrected chi connectivity index (χ3v) is 4.68. The summed E-state index contributed by atoms with van der Waals surface area (Å²) in [5.41, 5.74) is 6.23. The molecule has 0 saturated heterocycles. The molecule has 0 saturated carbocycles. The molecule has 0 aliphatic heterocycles. The van der Waals surface area contributed by atoms with Gasteiger partial charge in [0, 0.05) is 12.1 Å². The first-order valence-corrected chi connectivity index (χ1v) is 9.95. The van der Waals surface area contributed by atoms with Crippen molar-refractivity contribution in [3.8, 4) is 11.1 Å². The van der Waals surface area contributed by atoms with Gasteiger partial charge in [0.2, 0.25) is 11.8 Å². The molecule has 2 amide bonds. The fraction of sp³-hybridized carbons (Fsp3) is 0.417. The van der Waals surface area contributed by atoms with Gasteiger partial charge in [0.25, 0.3) is 0 Å². The molecule has 2 aromatic rings. The zero-order valence-electron chi connectivity index (χ0n) is 17.8. The van der Waals surface area contributed by atoms with Crippen LogP contribution in [0.5, 0.6) is 0 Å². The molecule has 2 aromatic carbocycles. The molecule has 0 aliphatic rings. The van der Waals surface area contributed by atoms with Crippen LogP contribution in [0.1, 0.15) is 49.9 Å². The highest BCUT2D eigenvalue weighted by molar-refractivity contribution is 5.86. The lowest BCUT2D eigenvalue weighted by Gasteiger charge is -2.18. The molecule has 0 spiro atoms. The monoisotopic (exact) mass is 380 g/mol. The lowest BCUT2D eigenvalue weighted by molar-refractivity contribution is -0.121. The van der Waals surface area contributed by atoms with E-state index < -0.39 is 0 Å². The van der Waals surface area contributed by atoms with Gasteiger partial charge in [-0.15, -0.1) is 0 Å². The molecule has 0 radical (unpaired) electrons. The Balaban J connectivity index is 2.48. The van der Waals surface area contributed by atoms with Crippen LogP contribution in [0.25, 0.3) is 11.1 Å². The summed E-state index contributed by atoms with van der Waals surface area (Å²) >= 11 is 0. The van der Waals surface area contributed by atoms with E-state index in [0.29, 0.717) is 12.8 Å². The number of nitrogens with one attached hydrogen (secondary N) is 2. The Kier molecular flexibility index (Phi) is 7.38. The topological polar surface area (TPSA) is 58.2 Å². The van der Waals surface area contributed by atoms with Crippen molar-refractivity contribution in [1.82, 2.24) is 10.6 Å². The minimum Gasteiger partial charge on any atom is -0.354 e. The summed E-state index contributed by atoms with van der Waals surface area (Å²) in [5.74, 6) is 0.0228. The summed E-state index contributed by atoms with van der Waals surface area (Å²) < 4.78 is 0. The normalized spacial score (nSPS) is 11.0. The van der Waals surface area contributed by atoms with E-state index in [1.165, 1.54) is 0 Å². The SMILES string of the molecule is Cc1cccc(-c2cccc(C)c2CC(=O)NC(C)C)c1CC(=O)NC(C)C. The minimum absolute atomic E-state index is 0.0114. The molecule has 2 N–H and O–H groups in total. The molecule has 0 fully saturated rings. The Labute approximate surface area is 168 Å². The zero-order valence-corrected chi connectivity index (χ0v) is 17.8. The van der Waals surface area contributed by atoms with Crippen molar-refractivity contribution in [2.24, 2.45) is 0 Å². The highest BCUT2D eigenvalue weighted by Crippen LogP contribution is 2.31. The molecule has 4 heteroatoms. The van der Waals surface area contributed by atoms with Crippen LogP contribution < -0.4 is 10.6 Å². The molecular formula is C24H32N2O2. The van der Waals surface area contributed by atoms with E-state index in [9.17, 15) is 9.59 Å². The third kappa shape index (κ3) is 5.69. The fourth-order valence-corrected chi connectivity index (χ4v) is 3.45. The zero-order chi connectivity index (χ0) is 20.8. The van der Waals surface area contributed by atoms with Crippen molar-refractivity contribution in [1.29, 1.82) is 0 Å². The van der Waals surface area contributed by atoms with Crippen LogP contribution in [0.2, 0.25) is 0 Å². The van der Waals surface area contributed by atoms with Gasteiger partial charge < -0.3 is 10.6 Å². The van der Waals surface area contributed by atoms with Gasteiger partial charge in [0.1, 0.15) is 0 Å². The maximum Gasteiger partial charge on any atom is 0.224 e. The van der Waals surface area contributed by atoms with Gasteiger partial charge >= 0.3 is 0 Å². The smallest absolute Gasteiger partial charge is 0.224 e. The standard InChI is InChI=1S/C24H32N2O2/c1-15(2)25-23(27)13-21-17(5)9-7-11-19(21)20-12-8-10-18(6)22(20)14-24(28)26-16(3)4/h7-12,15-16H,13-14H2,1-6H3,(H,25,27)(H,26,28). The fourth-order valence-electron chi connectivity index (χ4n) is 3.45. The van der Waals surface area contributed by atoms with Crippen LogP contribution in [0.15, 0.2) is 36.4 Å². The van der Waals surface area contributed by atoms with Gasteiger partial charge in [-0.1, -0.05) is 36.4 Å².